The molecule has 12 heavy (non-hydrogen) atoms. The van der Waals surface area contributed by atoms with E-state index in [9.17, 15) is 0 Å². The maximum atomic E-state index is 4.25. The molecule has 0 atom stereocenters. The summed E-state index contributed by atoms with van der Waals surface area (Å²) in [5, 5.41) is 0. The summed E-state index contributed by atoms with van der Waals surface area (Å²) < 4.78 is 0. The van der Waals surface area contributed by atoms with Crippen LogP contribution in [0.5, 0.6) is 0 Å². The average molecular weight is 236 g/mol. The van der Waals surface area contributed by atoms with Gasteiger partial charge in [-0.1, -0.05) is 33.7 Å². The quantitative estimate of drug-likeness (QED) is 0.412. The van der Waals surface area contributed by atoms with Gasteiger partial charge in [-0.3, -0.25) is 0 Å². The molecule has 0 unspecified atom stereocenters. The average Bonchev–Trinajstić information content (AvgIpc) is 2.05. The Morgan fingerprint density at radius 3 is 1.67 bits per heavy atom. The predicted molar refractivity (Wildman–Crippen MR) is 67.8 cm³/mol. The SMILES string of the molecule is SS/C1=C(\SS)CC/C=C\CC1. The first kappa shape index (κ1) is 11.0. The Balaban J connectivity index is 2.67. The lowest BCUT2D eigenvalue weighted by molar-refractivity contribution is 0.943. The highest BCUT2D eigenvalue weighted by Crippen LogP contribution is 2.38. The third kappa shape index (κ3) is 3.32. The van der Waals surface area contributed by atoms with Gasteiger partial charge >= 0.3 is 0 Å². The minimum Gasteiger partial charge on any atom is -0.106 e. The van der Waals surface area contributed by atoms with Crippen LogP contribution in [-0.4, -0.2) is 0 Å². The zero-order valence-electron chi connectivity index (χ0n) is 6.69. The van der Waals surface area contributed by atoms with Crippen LogP contribution in [0, 0.1) is 0 Å². The van der Waals surface area contributed by atoms with Crippen LogP contribution >= 0.6 is 44.9 Å². The second-order valence-electron chi connectivity index (χ2n) is 2.58. The molecule has 0 aromatic carbocycles. The fraction of sp³-hybridized carbons (Fsp3) is 0.500. The molecule has 1 rings (SSSR count). The molecule has 0 fully saturated rings. The van der Waals surface area contributed by atoms with Crippen molar-refractivity contribution in [3.05, 3.63) is 22.0 Å². The van der Waals surface area contributed by atoms with Gasteiger partial charge < -0.3 is 0 Å². The van der Waals surface area contributed by atoms with Crippen LogP contribution in [0.25, 0.3) is 0 Å². The van der Waals surface area contributed by atoms with E-state index in [1.165, 1.54) is 9.81 Å². The van der Waals surface area contributed by atoms with E-state index >= 15 is 0 Å². The Hall–Kier alpha value is 0.880. The van der Waals surface area contributed by atoms with E-state index in [1.807, 2.05) is 0 Å². The molecule has 0 aliphatic heterocycles. The molecule has 4 heteroatoms. The third-order valence-electron chi connectivity index (χ3n) is 1.77. The van der Waals surface area contributed by atoms with Crippen LogP contribution in [0.3, 0.4) is 0 Å². The largest absolute Gasteiger partial charge is 0.106 e. The van der Waals surface area contributed by atoms with Gasteiger partial charge in [0.1, 0.15) is 0 Å². The molecule has 0 aromatic rings. The van der Waals surface area contributed by atoms with E-state index in [-0.39, 0.29) is 0 Å². The molecule has 0 heterocycles. The van der Waals surface area contributed by atoms with Gasteiger partial charge in [-0.15, -0.1) is 23.3 Å². The van der Waals surface area contributed by atoms with Gasteiger partial charge in [-0.05, 0) is 25.7 Å². The predicted octanol–water partition coefficient (Wildman–Crippen LogP) is 4.48. The van der Waals surface area contributed by atoms with Gasteiger partial charge in [0, 0.05) is 9.81 Å². The second-order valence-corrected chi connectivity index (χ2v) is 5.02. The summed E-state index contributed by atoms with van der Waals surface area (Å²) in [4.78, 5) is 2.78. The van der Waals surface area contributed by atoms with E-state index < -0.39 is 0 Å². The summed E-state index contributed by atoms with van der Waals surface area (Å²) in [5.74, 6) is 0. The summed E-state index contributed by atoms with van der Waals surface area (Å²) in [6.45, 7) is 0. The molecular weight excluding hydrogens is 224 g/mol. The number of hydrogen-bond acceptors (Lipinski definition) is 4. The van der Waals surface area contributed by atoms with Crippen LogP contribution in [0.1, 0.15) is 25.7 Å². The molecule has 1 aliphatic rings. The van der Waals surface area contributed by atoms with Crippen LogP contribution in [0.4, 0.5) is 0 Å². The third-order valence-corrected chi connectivity index (χ3v) is 4.57. The zero-order chi connectivity index (χ0) is 8.81. The standard InChI is InChI=1S/C8H12S4/c9-11-7-5-3-1-2-4-6-8(7)12-10/h1-2,9-10H,3-6H2/b2-1-,8-7-. The topological polar surface area (TPSA) is 0 Å². The Labute approximate surface area is 92.3 Å². The first-order chi connectivity index (χ1) is 5.88. The molecule has 1 aliphatic carbocycles. The summed E-state index contributed by atoms with van der Waals surface area (Å²) in [5.41, 5.74) is 0. The Bertz CT molecular complexity index is 175. The van der Waals surface area contributed by atoms with Gasteiger partial charge in [0.2, 0.25) is 0 Å². The lowest BCUT2D eigenvalue weighted by Crippen LogP contribution is -1.86. The molecule has 0 saturated carbocycles. The molecule has 0 nitrogen and oxygen atoms in total. The number of hydrogen-bond donors (Lipinski definition) is 2. The lowest BCUT2D eigenvalue weighted by atomic mass is 10.1. The minimum absolute atomic E-state index is 1.12. The molecule has 0 saturated heterocycles. The van der Waals surface area contributed by atoms with Crippen molar-refractivity contribution in [1.29, 1.82) is 0 Å². The Kier molecular flexibility index (Phi) is 5.80. The van der Waals surface area contributed by atoms with Gasteiger partial charge in [0.25, 0.3) is 0 Å². The van der Waals surface area contributed by atoms with Crippen molar-refractivity contribution < 1.29 is 0 Å². The highest BCUT2D eigenvalue weighted by atomic mass is 33.1. The Morgan fingerprint density at radius 2 is 1.33 bits per heavy atom. The molecule has 0 bridgehead atoms. The van der Waals surface area contributed by atoms with Crippen molar-refractivity contribution in [3.8, 4) is 0 Å². The normalized spacial score (nSPS) is 27.8. The molecule has 68 valence electrons. The summed E-state index contributed by atoms with van der Waals surface area (Å²) in [6.07, 6.45) is 9.02. The van der Waals surface area contributed by atoms with Crippen LogP contribution in [-0.2, 0) is 0 Å². The zero-order valence-corrected chi connectivity index (χ0v) is 10.1. The molecule has 0 amide bonds. The van der Waals surface area contributed by atoms with Crippen LogP contribution < -0.4 is 0 Å². The second kappa shape index (κ2) is 6.35. The van der Waals surface area contributed by atoms with E-state index in [0.717, 1.165) is 25.7 Å². The van der Waals surface area contributed by atoms with Gasteiger partial charge in [-0.25, -0.2) is 0 Å². The van der Waals surface area contributed by atoms with Crippen molar-refractivity contribution >= 4 is 44.9 Å². The van der Waals surface area contributed by atoms with Crippen molar-refractivity contribution in [3.63, 3.8) is 0 Å². The summed E-state index contributed by atoms with van der Waals surface area (Å²) in [7, 11) is 3.14. The van der Waals surface area contributed by atoms with Crippen molar-refractivity contribution in [2.24, 2.45) is 0 Å². The van der Waals surface area contributed by atoms with Crippen LogP contribution in [0.15, 0.2) is 22.0 Å². The molecule has 0 spiro atoms. The number of rotatable bonds is 2. The van der Waals surface area contributed by atoms with E-state index in [0.29, 0.717) is 0 Å². The maximum absolute atomic E-state index is 4.25. The van der Waals surface area contributed by atoms with E-state index in [4.69, 9.17) is 0 Å². The molecular formula is C8H12S4. The highest BCUT2D eigenvalue weighted by molar-refractivity contribution is 8.72. The molecule has 0 N–H and O–H groups in total. The van der Waals surface area contributed by atoms with Crippen molar-refractivity contribution in [1.82, 2.24) is 0 Å². The lowest BCUT2D eigenvalue weighted by Gasteiger charge is -2.10. The number of allylic oxidation sites excluding steroid dienone is 4. The fourth-order valence-electron chi connectivity index (χ4n) is 1.14. The van der Waals surface area contributed by atoms with Gasteiger partial charge in [-0.2, -0.15) is 0 Å². The van der Waals surface area contributed by atoms with Crippen LogP contribution in [0.2, 0.25) is 0 Å². The van der Waals surface area contributed by atoms with Crippen molar-refractivity contribution in [2.75, 3.05) is 0 Å². The first-order valence-corrected chi connectivity index (χ1v) is 7.62. The fourth-order valence-corrected chi connectivity index (χ4v) is 3.79. The molecule has 0 aromatic heterocycles. The van der Waals surface area contributed by atoms with Crippen molar-refractivity contribution in [2.45, 2.75) is 25.7 Å². The highest BCUT2D eigenvalue weighted by Gasteiger charge is 2.06. The van der Waals surface area contributed by atoms with Gasteiger partial charge in [0.15, 0.2) is 0 Å². The van der Waals surface area contributed by atoms with E-state index in [2.05, 4.69) is 35.5 Å². The minimum atomic E-state index is 1.12. The van der Waals surface area contributed by atoms with Gasteiger partial charge in [0.05, 0.1) is 0 Å². The Morgan fingerprint density at radius 1 is 0.917 bits per heavy atom. The summed E-state index contributed by atoms with van der Waals surface area (Å²) >= 11 is 8.49. The molecule has 0 radical (unpaired) electrons. The smallest absolute Gasteiger partial charge is 0.00622 e. The number of thiol groups is 2. The first-order valence-electron chi connectivity index (χ1n) is 3.88. The summed E-state index contributed by atoms with van der Waals surface area (Å²) in [6, 6.07) is 0. The van der Waals surface area contributed by atoms with E-state index in [1.54, 1.807) is 21.6 Å². The monoisotopic (exact) mass is 236 g/mol. The maximum Gasteiger partial charge on any atom is 0.00622 e.